The number of hydrogen-bond donors (Lipinski definition) is 0. The number of carbonyl (C=O) groups is 1. The zero-order valence-corrected chi connectivity index (χ0v) is 10.6. The first-order valence-corrected chi connectivity index (χ1v) is 6.21. The van der Waals surface area contributed by atoms with E-state index in [-0.39, 0.29) is 11.2 Å². The molecule has 0 amide bonds. The summed E-state index contributed by atoms with van der Waals surface area (Å²) in [6.07, 6.45) is 2.21. The molecule has 3 heteroatoms. The molecule has 0 aliphatic heterocycles. The minimum absolute atomic E-state index is 0.235. The third-order valence-electron chi connectivity index (χ3n) is 2.63. The largest absolute Gasteiger partial charge is 0.299 e. The molecule has 0 bridgehead atoms. The highest BCUT2D eigenvalue weighted by Crippen LogP contribution is 2.25. The summed E-state index contributed by atoms with van der Waals surface area (Å²) >= 11 is 1.68. The van der Waals surface area contributed by atoms with Gasteiger partial charge in [-0.25, -0.2) is 0 Å². The minimum atomic E-state index is -0.292. The van der Waals surface area contributed by atoms with Gasteiger partial charge in [0, 0.05) is 28.1 Å². The first-order chi connectivity index (χ1) is 7.48. The lowest BCUT2D eigenvalue weighted by molar-refractivity contribution is -0.125. The van der Waals surface area contributed by atoms with E-state index in [0.29, 0.717) is 6.42 Å². The quantitative estimate of drug-likeness (QED) is 0.795. The number of hydrogen-bond acceptors (Lipinski definition) is 3. The van der Waals surface area contributed by atoms with Gasteiger partial charge in [0.05, 0.1) is 5.69 Å². The van der Waals surface area contributed by atoms with E-state index in [1.54, 1.807) is 17.5 Å². The second kappa shape index (κ2) is 3.98. The Morgan fingerprint density at radius 1 is 1.38 bits per heavy atom. The van der Waals surface area contributed by atoms with Crippen molar-refractivity contribution < 1.29 is 4.79 Å². The first kappa shape index (κ1) is 11.3. The number of fused-ring (bicyclic) bond motifs is 1. The number of rotatable bonds is 2. The topological polar surface area (TPSA) is 30.0 Å². The van der Waals surface area contributed by atoms with Gasteiger partial charge in [0.1, 0.15) is 5.78 Å². The summed E-state index contributed by atoms with van der Waals surface area (Å²) in [5.74, 6) is 0.235. The molecule has 0 saturated heterocycles. The van der Waals surface area contributed by atoms with Gasteiger partial charge < -0.3 is 0 Å². The van der Waals surface area contributed by atoms with Gasteiger partial charge in [-0.05, 0) is 17.5 Å². The number of Topliss-reactive ketones (excluding diaryl/α,β-unsaturated/α-hetero) is 1. The molecule has 2 aromatic heterocycles. The maximum Gasteiger partial charge on any atom is 0.144 e. The van der Waals surface area contributed by atoms with Crippen molar-refractivity contribution in [3.63, 3.8) is 0 Å². The van der Waals surface area contributed by atoms with Crippen molar-refractivity contribution in [1.82, 2.24) is 4.98 Å². The van der Waals surface area contributed by atoms with Gasteiger partial charge in [-0.1, -0.05) is 20.8 Å². The zero-order valence-electron chi connectivity index (χ0n) is 9.78. The Balaban J connectivity index is 2.35. The van der Waals surface area contributed by atoms with Gasteiger partial charge >= 0.3 is 0 Å². The van der Waals surface area contributed by atoms with Crippen LogP contribution in [-0.2, 0) is 11.2 Å². The predicted octanol–water partition coefficient (Wildman–Crippen LogP) is 3.45. The van der Waals surface area contributed by atoms with Crippen LogP contribution in [0.1, 0.15) is 26.5 Å². The van der Waals surface area contributed by atoms with E-state index in [2.05, 4.69) is 4.98 Å². The Labute approximate surface area is 99.3 Å². The molecular formula is C13H15NOS. The molecular weight excluding hydrogens is 218 g/mol. The molecule has 0 spiro atoms. The molecule has 84 valence electrons. The van der Waals surface area contributed by atoms with Crippen LogP contribution in [0.2, 0.25) is 0 Å². The van der Waals surface area contributed by atoms with Gasteiger partial charge in [0.15, 0.2) is 0 Å². The van der Waals surface area contributed by atoms with E-state index in [1.807, 2.05) is 38.3 Å². The maximum atomic E-state index is 12.0. The molecule has 0 N–H and O–H groups in total. The van der Waals surface area contributed by atoms with Gasteiger partial charge in [0.25, 0.3) is 0 Å². The van der Waals surface area contributed by atoms with Crippen LogP contribution < -0.4 is 0 Å². The van der Waals surface area contributed by atoms with Crippen molar-refractivity contribution in [2.75, 3.05) is 0 Å². The van der Waals surface area contributed by atoms with Crippen molar-refractivity contribution in [3.8, 4) is 0 Å². The maximum absolute atomic E-state index is 12.0. The fourth-order valence-electron chi connectivity index (χ4n) is 1.51. The Morgan fingerprint density at radius 3 is 2.81 bits per heavy atom. The summed E-state index contributed by atoms with van der Waals surface area (Å²) in [5.41, 5.74) is 0.610. The van der Waals surface area contributed by atoms with E-state index in [0.717, 1.165) is 11.1 Å². The fourth-order valence-corrected chi connectivity index (χ4v) is 2.31. The van der Waals surface area contributed by atoms with Gasteiger partial charge in [-0.2, -0.15) is 0 Å². The number of thiophene rings is 1. The number of nitrogens with zero attached hydrogens (tertiary/aromatic N) is 1. The number of carbonyl (C=O) groups excluding carboxylic acids is 1. The Bertz CT molecular complexity index is 522. The van der Waals surface area contributed by atoms with E-state index < -0.39 is 0 Å². The average Bonchev–Trinajstić information content (AvgIpc) is 2.65. The fraction of sp³-hybridized carbons (Fsp3) is 0.385. The van der Waals surface area contributed by atoms with Crippen LogP contribution in [0.3, 0.4) is 0 Å². The number of aromatic nitrogens is 1. The summed E-state index contributed by atoms with van der Waals surface area (Å²) in [4.78, 5) is 16.3. The van der Waals surface area contributed by atoms with Crippen molar-refractivity contribution in [3.05, 3.63) is 29.4 Å². The van der Waals surface area contributed by atoms with Crippen LogP contribution in [0.15, 0.2) is 23.7 Å². The molecule has 0 aliphatic rings. The van der Waals surface area contributed by atoms with Crippen molar-refractivity contribution in [1.29, 1.82) is 0 Å². The second-order valence-corrected chi connectivity index (χ2v) is 5.89. The van der Waals surface area contributed by atoms with Crippen molar-refractivity contribution in [2.24, 2.45) is 5.41 Å². The molecule has 2 nitrogen and oxygen atoms in total. The SMILES string of the molecule is CC(C)(C)C(=O)Cc1nccc2sccc12. The first-order valence-electron chi connectivity index (χ1n) is 5.33. The molecule has 2 rings (SSSR count). The number of ketones is 1. The van der Waals surface area contributed by atoms with Gasteiger partial charge in [-0.3, -0.25) is 9.78 Å². The summed E-state index contributed by atoms with van der Waals surface area (Å²) < 4.78 is 1.20. The highest BCUT2D eigenvalue weighted by atomic mass is 32.1. The summed E-state index contributed by atoms with van der Waals surface area (Å²) in [7, 11) is 0. The lowest BCUT2D eigenvalue weighted by Crippen LogP contribution is -2.22. The van der Waals surface area contributed by atoms with Crippen molar-refractivity contribution in [2.45, 2.75) is 27.2 Å². The lowest BCUT2D eigenvalue weighted by Gasteiger charge is -2.16. The normalized spacial score (nSPS) is 11.9. The van der Waals surface area contributed by atoms with Gasteiger partial charge in [-0.15, -0.1) is 11.3 Å². The highest BCUT2D eigenvalue weighted by Gasteiger charge is 2.22. The molecule has 0 fully saturated rings. The average molecular weight is 233 g/mol. The standard InChI is InChI=1S/C13H15NOS/c1-13(2,3)12(15)8-10-9-5-7-16-11(9)4-6-14-10/h4-7H,8H2,1-3H3. The molecule has 16 heavy (non-hydrogen) atoms. The summed E-state index contributed by atoms with van der Waals surface area (Å²) in [6.45, 7) is 5.84. The Morgan fingerprint density at radius 2 is 2.12 bits per heavy atom. The lowest BCUT2D eigenvalue weighted by atomic mass is 9.88. The van der Waals surface area contributed by atoms with Crippen LogP contribution in [0.4, 0.5) is 0 Å². The van der Waals surface area contributed by atoms with E-state index in [4.69, 9.17) is 0 Å². The minimum Gasteiger partial charge on any atom is -0.299 e. The predicted molar refractivity (Wildman–Crippen MR) is 67.8 cm³/mol. The smallest absolute Gasteiger partial charge is 0.144 e. The van der Waals surface area contributed by atoms with E-state index in [1.165, 1.54) is 4.70 Å². The van der Waals surface area contributed by atoms with E-state index in [9.17, 15) is 4.79 Å². The zero-order chi connectivity index (χ0) is 11.8. The third kappa shape index (κ3) is 2.14. The summed E-state index contributed by atoms with van der Waals surface area (Å²) in [5, 5.41) is 3.15. The molecule has 0 atom stereocenters. The second-order valence-electron chi connectivity index (χ2n) is 4.94. The molecule has 0 aromatic carbocycles. The van der Waals surface area contributed by atoms with Crippen LogP contribution in [-0.4, -0.2) is 10.8 Å². The molecule has 0 radical (unpaired) electrons. The van der Waals surface area contributed by atoms with Crippen LogP contribution in [0.25, 0.3) is 10.1 Å². The van der Waals surface area contributed by atoms with Crippen LogP contribution in [0, 0.1) is 5.41 Å². The van der Waals surface area contributed by atoms with Crippen LogP contribution >= 0.6 is 11.3 Å². The molecule has 0 saturated carbocycles. The van der Waals surface area contributed by atoms with Crippen LogP contribution in [0.5, 0.6) is 0 Å². The molecule has 2 aromatic rings. The molecule has 0 aliphatic carbocycles. The monoisotopic (exact) mass is 233 g/mol. The Kier molecular flexibility index (Phi) is 2.80. The van der Waals surface area contributed by atoms with Crippen molar-refractivity contribution >= 4 is 27.2 Å². The summed E-state index contributed by atoms with van der Waals surface area (Å²) in [6, 6.07) is 4.03. The van der Waals surface area contributed by atoms with E-state index >= 15 is 0 Å². The molecule has 0 unspecified atom stereocenters. The third-order valence-corrected chi connectivity index (χ3v) is 3.51. The number of pyridine rings is 1. The Hall–Kier alpha value is -1.22. The highest BCUT2D eigenvalue weighted by molar-refractivity contribution is 7.17. The molecule has 2 heterocycles. The van der Waals surface area contributed by atoms with Gasteiger partial charge in [0.2, 0.25) is 0 Å².